The molecule has 2 unspecified atom stereocenters. The van der Waals surface area contributed by atoms with Crippen LogP contribution in [0.4, 0.5) is 11.4 Å². The lowest BCUT2D eigenvalue weighted by molar-refractivity contribution is -0.138. The highest BCUT2D eigenvalue weighted by Crippen LogP contribution is 2.52. The van der Waals surface area contributed by atoms with Crippen molar-refractivity contribution in [2.75, 3.05) is 11.4 Å². The van der Waals surface area contributed by atoms with E-state index in [2.05, 4.69) is 95.9 Å². The van der Waals surface area contributed by atoms with Gasteiger partial charge in [0, 0.05) is 36.3 Å². The van der Waals surface area contributed by atoms with Gasteiger partial charge in [0.1, 0.15) is 20.4 Å². The van der Waals surface area contributed by atoms with Gasteiger partial charge in [-0.3, -0.25) is 28.6 Å². The zero-order chi connectivity index (χ0) is 40.3. The molecule has 4 aromatic carbocycles. The fourth-order valence-electron chi connectivity index (χ4n) is 8.33. The number of benzene rings is 4. The molecule has 294 valence electrons. The highest BCUT2D eigenvalue weighted by atomic mass is 32.2. The second-order valence-corrected chi connectivity index (χ2v) is 17.4. The Morgan fingerprint density at radius 3 is 2.17 bits per heavy atom. The van der Waals surface area contributed by atoms with Crippen LogP contribution in [0.1, 0.15) is 78.7 Å². The fraction of sp³-hybridized carbons (Fsp3) is 0.239. The molecule has 2 aliphatic heterocycles. The van der Waals surface area contributed by atoms with Crippen LogP contribution in [0.3, 0.4) is 0 Å². The Hall–Kier alpha value is -5.56. The van der Waals surface area contributed by atoms with Gasteiger partial charge in [0.15, 0.2) is 0 Å². The lowest BCUT2D eigenvalue weighted by Crippen LogP contribution is -2.35. The molecule has 1 saturated heterocycles. The van der Waals surface area contributed by atoms with E-state index >= 15 is 0 Å². The van der Waals surface area contributed by atoms with Crippen LogP contribution in [0.15, 0.2) is 108 Å². The number of nitrogens with zero attached hydrogens (tertiary/aromatic N) is 3. The van der Waals surface area contributed by atoms with E-state index in [0.29, 0.717) is 46.6 Å². The van der Waals surface area contributed by atoms with Crippen LogP contribution in [0, 0.1) is 0 Å². The molecule has 0 radical (unpaired) electrons. The van der Waals surface area contributed by atoms with Gasteiger partial charge in [0.2, 0.25) is 0 Å². The maximum absolute atomic E-state index is 13.8. The Morgan fingerprint density at radius 1 is 0.810 bits per heavy atom. The largest absolute Gasteiger partial charge is 0.481 e. The summed E-state index contributed by atoms with van der Waals surface area (Å²) < 4.78 is 2.09. The molecule has 3 heterocycles. The number of carboxylic acid groups (broad SMARTS) is 2. The molecule has 2 fully saturated rings. The molecular formula is C46H41N3O6S3. The van der Waals surface area contributed by atoms with E-state index in [1.54, 1.807) is 6.08 Å². The normalized spacial score (nSPS) is 18.4. The summed E-state index contributed by atoms with van der Waals surface area (Å²) in [5, 5.41) is 18.7. The van der Waals surface area contributed by atoms with Crippen LogP contribution in [0.5, 0.6) is 0 Å². The minimum atomic E-state index is -1.19. The number of amides is 1. The summed E-state index contributed by atoms with van der Waals surface area (Å²) in [5.41, 5.74) is 8.47. The van der Waals surface area contributed by atoms with Crippen LogP contribution in [0.25, 0.3) is 22.6 Å². The zero-order valence-corrected chi connectivity index (χ0v) is 34.0. The molecule has 1 aliphatic carbocycles. The third kappa shape index (κ3) is 8.09. The highest BCUT2D eigenvalue weighted by Gasteiger charge is 2.42. The average molecular weight is 828 g/mol. The first-order valence-electron chi connectivity index (χ1n) is 19.4. The molecule has 8 rings (SSSR count). The van der Waals surface area contributed by atoms with E-state index in [1.165, 1.54) is 10.5 Å². The second kappa shape index (κ2) is 17.1. The Bertz CT molecular complexity index is 2580. The smallest absolute Gasteiger partial charge is 0.323 e. The molecule has 1 saturated carbocycles. The van der Waals surface area contributed by atoms with Crippen LogP contribution in [0.2, 0.25) is 0 Å². The molecule has 58 heavy (non-hydrogen) atoms. The molecule has 2 N–H and O–H groups in total. The number of anilines is 2. The predicted octanol–water partition coefficient (Wildman–Crippen LogP) is 7.81. The fourth-order valence-corrected chi connectivity index (χ4v) is 10.9. The summed E-state index contributed by atoms with van der Waals surface area (Å²) in [6, 6.07) is 36.2. The van der Waals surface area contributed by atoms with Gasteiger partial charge in [-0.15, -0.1) is 11.3 Å². The Balaban J connectivity index is 1.09. The van der Waals surface area contributed by atoms with Crippen molar-refractivity contribution in [1.82, 2.24) is 9.47 Å². The highest BCUT2D eigenvalue weighted by molar-refractivity contribution is 8.30. The first-order chi connectivity index (χ1) is 28.2. The van der Waals surface area contributed by atoms with Crippen molar-refractivity contribution in [3.63, 3.8) is 0 Å². The molecular weight excluding hydrogens is 787 g/mol. The lowest BCUT2D eigenvalue weighted by Gasteiger charge is -2.27. The van der Waals surface area contributed by atoms with Crippen molar-refractivity contribution in [3.8, 4) is 0 Å². The van der Waals surface area contributed by atoms with E-state index in [9.17, 15) is 24.3 Å². The van der Waals surface area contributed by atoms with Gasteiger partial charge < -0.3 is 15.1 Å². The van der Waals surface area contributed by atoms with Gasteiger partial charge in [-0.2, -0.15) is 0 Å². The summed E-state index contributed by atoms with van der Waals surface area (Å²) in [4.78, 5) is 54.3. The number of thioether (sulfide) groups is 1. The number of unbranched alkanes of at least 4 members (excludes halogenated alkanes) is 2. The molecule has 3 aliphatic rings. The van der Waals surface area contributed by atoms with E-state index in [4.69, 9.17) is 17.3 Å². The van der Waals surface area contributed by atoms with E-state index in [1.807, 2.05) is 18.2 Å². The number of rotatable bonds is 13. The van der Waals surface area contributed by atoms with Gasteiger partial charge >= 0.3 is 11.9 Å². The van der Waals surface area contributed by atoms with Gasteiger partial charge in [0.25, 0.3) is 11.5 Å². The number of carbonyl (C=O) groups is 3. The summed E-state index contributed by atoms with van der Waals surface area (Å²) >= 11 is 7.68. The number of thiocarbonyl (C=S) groups is 1. The summed E-state index contributed by atoms with van der Waals surface area (Å²) in [6.07, 6.45) is 9.05. The Morgan fingerprint density at radius 2 is 1.50 bits per heavy atom. The Kier molecular flexibility index (Phi) is 11.6. The number of thiazole rings is 1. The van der Waals surface area contributed by atoms with E-state index < -0.39 is 24.0 Å². The van der Waals surface area contributed by atoms with Crippen LogP contribution >= 0.6 is 35.3 Å². The maximum atomic E-state index is 13.8. The summed E-state index contributed by atoms with van der Waals surface area (Å²) in [5.74, 6) is -2.09. The first kappa shape index (κ1) is 39.3. The first-order valence-corrected chi connectivity index (χ1v) is 21.5. The summed E-state index contributed by atoms with van der Waals surface area (Å²) in [6.45, 7) is -0.268. The molecule has 1 aromatic heterocycles. The minimum absolute atomic E-state index is 0.0580. The third-order valence-electron chi connectivity index (χ3n) is 11.0. The monoisotopic (exact) mass is 827 g/mol. The molecule has 0 bridgehead atoms. The average Bonchev–Trinajstić information content (AvgIpc) is 3.97. The molecule has 0 spiro atoms. The number of carbonyl (C=O) groups excluding carboxylic acids is 1. The van der Waals surface area contributed by atoms with Crippen molar-refractivity contribution in [2.24, 2.45) is 0 Å². The molecule has 9 nitrogen and oxygen atoms in total. The quantitative estimate of drug-likeness (QED) is 0.0696. The van der Waals surface area contributed by atoms with Crippen molar-refractivity contribution >= 4 is 91.5 Å². The SMILES string of the molecule is O=C(O)CCCCCN1C(=O)/C(=c2/s/c(=C/c3ccc4c(c3)C3CCCC3N4c3ccc(C=C(c4ccccc4)c4ccccc4)cc3)c(=O)n2CC(=O)O)SC1=S. The van der Waals surface area contributed by atoms with E-state index in [0.717, 1.165) is 86.1 Å². The number of aliphatic carboxylic acids is 2. The molecule has 12 heteroatoms. The summed E-state index contributed by atoms with van der Waals surface area (Å²) in [7, 11) is 0. The van der Waals surface area contributed by atoms with Gasteiger partial charge in [-0.1, -0.05) is 116 Å². The van der Waals surface area contributed by atoms with Crippen molar-refractivity contribution in [2.45, 2.75) is 63.5 Å². The van der Waals surface area contributed by atoms with Crippen LogP contribution < -0.4 is 19.7 Å². The topological polar surface area (TPSA) is 120 Å². The van der Waals surface area contributed by atoms with Crippen LogP contribution in [-0.4, -0.2) is 54.4 Å². The number of carboxylic acids is 2. The van der Waals surface area contributed by atoms with Crippen molar-refractivity contribution in [1.29, 1.82) is 0 Å². The minimum Gasteiger partial charge on any atom is -0.481 e. The third-order valence-corrected chi connectivity index (χ3v) is 13.7. The Labute approximate surface area is 349 Å². The number of fused-ring (bicyclic) bond motifs is 3. The maximum Gasteiger partial charge on any atom is 0.323 e. The standard InChI is InChI=1S/C46H41N3O6S3/c50-40(51)17-8-3-9-24-47-44(55)42(58-46(47)56)45-48(28-41(52)53)43(54)39(57-45)27-30-20-23-38-36(26-30)34-15-10-16-37(34)49(38)33-21-18-29(19-22-33)25-35(31-11-4-1-5-12-31)32-13-6-2-7-14-32/h1-2,4-7,11-14,18-23,25-27,34,37H,3,8-10,15-17,24,28H2,(H,50,51)(H,52,53)/b39-27+,45-42-. The van der Waals surface area contributed by atoms with E-state index in [-0.39, 0.29) is 21.9 Å². The van der Waals surface area contributed by atoms with Gasteiger partial charge in [-0.25, -0.2) is 0 Å². The molecule has 1 amide bonds. The number of hydrogen-bond acceptors (Lipinski definition) is 8. The second-order valence-electron chi connectivity index (χ2n) is 14.7. The van der Waals surface area contributed by atoms with Gasteiger partial charge in [0.05, 0.1) is 4.53 Å². The zero-order valence-electron chi connectivity index (χ0n) is 31.6. The van der Waals surface area contributed by atoms with Crippen LogP contribution in [-0.2, 0) is 20.9 Å². The van der Waals surface area contributed by atoms with Crippen molar-refractivity contribution in [3.05, 3.63) is 150 Å². The predicted molar refractivity (Wildman–Crippen MR) is 236 cm³/mol. The van der Waals surface area contributed by atoms with Gasteiger partial charge in [-0.05, 0) is 95.5 Å². The number of hydrogen-bond donors (Lipinski definition) is 2. The molecule has 5 aromatic rings. The lowest BCUT2D eigenvalue weighted by atomic mass is 9.95. The van der Waals surface area contributed by atoms with Crippen molar-refractivity contribution < 1.29 is 24.6 Å². The molecule has 2 atom stereocenters. The number of aromatic nitrogens is 1.